The lowest BCUT2D eigenvalue weighted by Crippen LogP contribution is -2.19. The summed E-state index contributed by atoms with van der Waals surface area (Å²) >= 11 is 2.96. The van der Waals surface area contributed by atoms with Crippen molar-refractivity contribution < 1.29 is 18.3 Å². The van der Waals surface area contributed by atoms with Crippen LogP contribution in [0.5, 0.6) is 0 Å². The van der Waals surface area contributed by atoms with Crippen molar-refractivity contribution in [3.8, 4) is 6.19 Å². The predicted molar refractivity (Wildman–Crippen MR) is 57.0 cm³/mol. The monoisotopic (exact) mass is 304 g/mol. The van der Waals surface area contributed by atoms with Gasteiger partial charge in [-0.25, -0.2) is 17.9 Å². The Morgan fingerprint density at radius 1 is 1.50 bits per heavy atom. The maximum Gasteiger partial charge on any atom is 0.335 e. The minimum atomic E-state index is -4.02. The molecular weight excluding hydrogens is 300 g/mol. The first-order valence-corrected chi connectivity index (χ1v) is 6.10. The number of aromatic carboxylic acids is 1. The van der Waals surface area contributed by atoms with E-state index >= 15 is 0 Å². The molecule has 1 aromatic carbocycles. The molecule has 0 aliphatic heterocycles. The van der Waals surface area contributed by atoms with Gasteiger partial charge in [-0.3, -0.25) is 0 Å². The Balaban J connectivity index is 3.40. The zero-order chi connectivity index (χ0) is 12.3. The van der Waals surface area contributed by atoms with Crippen LogP contribution in [0.25, 0.3) is 0 Å². The number of carboxylic acid groups (broad SMARTS) is 1. The van der Waals surface area contributed by atoms with Gasteiger partial charge in [0.2, 0.25) is 0 Å². The Labute approximate surface area is 99.7 Å². The van der Waals surface area contributed by atoms with Crippen molar-refractivity contribution in [1.29, 1.82) is 5.26 Å². The molecule has 0 radical (unpaired) electrons. The first-order valence-electron chi connectivity index (χ1n) is 3.82. The summed E-state index contributed by atoms with van der Waals surface area (Å²) < 4.78 is 24.7. The number of hydrogen-bond acceptors (Lipinski definition) is 4. The number of nitriles is 1. The molecule has 0 unspecified atom stereocenters. The fourth-order valence-electron chi connectivity index (χ4n) is 0.957. The lowest BCUT2D eigenvalue weighted by Gasteiger charge is -2.05. The molecule has 1 aromatic rings. The minimum Gasteiger partial charge on any atom is -0.478 e. The molecular formula is C8H5BrN2O4S. The van der Waals surface area contributed by atoms with E-state index in [1.165, 1.54) is 18.3 Å². The molecule has 8 heteroatoms. The second kappa shape index (κ2) is 4.51. The Morgan fingerprint density at radius 3 is 2.62 bits per heavy atom. The number of nitrogens with zero attached hydrogens (tertiary/aromatic N) is 1. The smallest absolute Gasteiger partial charge is 0.335 e. The zero-order valence-corrected chi connectivity index (χ0v) is 10.0. The van der Waals surface area contributed by atoms with Crippen LogP contribution < -0.4 is 4.72 Å². The molecule has 0 amide bonds. The summed E-state index contributed by atoms with van der Waals surface area (Å²) in [5.74, 6) is -1.25. The number of hydrogen-bond donors (Lipinski definition) is 2. The van der Waals surface area contributed by atoms with Gasteiger partial charge in [-0.2, -0.15) is 5.26 Å². The van der Waals surface area contributed by atoms with Gasteiger partial charge in [-0.1, -0.05) is 0 Å². The molecule has 1 rings (SSSR count). The summed E-state index contributed by atoms with van der Waals surface area (Å²) in [5, 5.41) is 17.0. The van der Waals surface area contributed by atoms with E-state index in [-0.39, 0.29) is 14.9 Å². The largest absolute Gasteiger partial charge is 0.478 e. The van der Waals surface area contributed by atoms with Crippen LogP contribution >= 0.6 is 15.9 Å². The molecule has 0 saturated heterocycles. The van der Waals surface area contributed by atoms with Crippen LogP contribution in [0.4, 0.5) is 0 Å². The van der Waals surface area contributed by atoms with E-state index in [1.54, 1.807) is 4.72 Å². The standard InChI is InChI=1S/C8H5BrN2O4S/c9-6-2-1-5(8(12)13)3-7(6)16(14,15)11-4-10/h1-3,11H,(H,12,13). The highest BCUT2D eigenvalue weighted by Crippen LogP contribution is 2.22. The number of nitrogens with one attached hydrogen (secondary N) is 1. The molecule has 0 saturated carbocycles. The van der Waals surface area contributed by atoms with Crippen molar-refractivity contribution in [1.82, 2.24) is 4.72 Å². The number of halogens is 1. The third-order valence-corrected chi connectivity index (χ3v) is 3.88. The van der Waals surface area contributed by atoms with E-state index in [0.717, 1.165) is 6.07 Å². The van der Waals surface area contributed by atoms with E-state index in [9.17, 15) is 13.2 Å². The van der Waals surface area contributed by atoms with E-state index in [1.807, 2.05) is 0 Å². The molecule has 0 aliphatic rings. The summed E-state index contributed by atoms with van der Waals surface area (Å²) in [6.07, 6.45) is 1.28. The molecule has 0 bridgehead atoms. The first kappa shape index (κ1) is 12.5. The Kier molecular flexibility index (Phi) is 3.51. The third kappa shape index (κ3) is 2.50. The summed E-state index contributed by atoms with van der Waals surface area (Å²) in [6.45, 7) is 0. The highest BCUT2D eigenvalue weighted by Gasteiger charge is 2.19. The lowest BCUT2D eigenvalue weighted by atomic mass is 10.2. The highest BCUT2D eigenvalue weighted by atomic mass is 79.9. The van der Waals surface area contributed by atoms with E-state index < -0.39 is 16.0 Å². The molecule has 6 nitrogen and oxygen atoms in total. The number of sulfonamides is 1. The number of benzene rings is 1. The second-order valence-electron chi connectivity index (χ2n) is 2.67. The summed E-state index contributed by atoms with van der Waals surface area (Å²) in [6, 6.07) is 3.50. The molecule has 2 N–H and O–H groups in total. The molecule has 0 fully saturated rings. The fraction of sp³-hybridized carbons (Fsp3) is 0. The van der Waals surface area contributed by atoms with Crippen LogP contribution in [0, 0.1) is 11.5 Å². The van der Waals surface area contributed by atoms with Crippen LogP contribution in [-0.2, 0) is 10.0 Å². The van der Waals surface area contributed by atoms with Crippen molar-refractivity contribution in [3.05, 3.63) is 28.2 Å². The van der Waals surface area contributed by atoms with Crippen molar-refractivity contribution in [2.75, 3.05) is 0 Å². The molecule has 84 valence electrons. The van der Waals surface area contributed by atoms with Crippen molar-refractivity contribution >= 4 is 31.9 Å². The third-order valence-electron chi connectivity index (χ3n) is 1.65. The van der Waals surface area contributed by atoms with E-state index in [2.05, 4.69) is 15.9 Å². The van der Waals surface area contributed by atoms with Crippen LogP contribution in [-0.4, -0.2) is 19.5 Å². The van der Waals surface area contributed by atoms with Gasteiger partial charge in [0.15, 0.2) is 6.19 Å². The minimum absolute atomic E-state index is 0.179. The van der Waals surface area contributed by atoms with Gasteiger partial charge < -0.3 is 5.11 Å². The topological polar surface area (TPSA) is 107 Å². The predicted octanol–water partition coefficient (Wildman–Crippen LogP) is 0.907. The maximum atomic E-state index is 11.5. The van der Waals surface area contributed by atoms with Crippen molar-refractivity contribution in [2.45, 2.75) is 4.90 Å². The summed E-state index contributed by atoms with van der Waals surface area (Å²) in [5.41, 5.74) is -0.179. The molecule has 0 aliphatic carbocycles. The normalized spacial score (nSPS) is 10.5. The number of carbonyl (C=O) groups is 1. The van der Waals surface area contributed by atoms with E-state index in [4.69, 9.17) is 10.4 Å². The van der Waals surface area contributed by atoms with Crippen LogP contribution in [0.3, 0.4) is 0 Å². The fourth-order valence-corrected chi connectivity index (χ4v) is 2.68. The van der Waals surface area contributed by atoms with Crippen LogP contribution in [0.1, 0.15) is 10.4 Å². The molecule has 0 atom stereocenters. The molecule has 16 heavy (non-hydrogen) atoms. The van der Waals surface area contributed by atoms with Gasteiger partial charge in [-0.05, 0) is 34.1 Å². The quantitative estimate of drug-likeness (QED) is 0.637. The van der Waals surface area contributed by atoms with Crippen LogP contribution in [0.2, 0.25) is 0 Å². The lowest BCUT2D eigenvalue weighted by molar-refractivity contribution is 0.0696. The Bertz CT molecular complexity index is 576. The van der Waals surface area contributed by atoms with E-state index in [0.29, 0.717) is 0 Å². The van der Waals surface area contributed by atoms with Gasteiger partial charge in [-0.15, -0.1) is 0 Å². The first-order chi connectivity index (χ1) is 7.38. The SMILES string of the molecule is N#CNS(=O)(=O)c1cc(C(=O)O)ccc1Br. The van der Waals surface area contributed by atoms with Crippen molar-refractivity contribution in [2.24, 2.45) is 0 Å². The van der Waals surface area contributed by atoms with Gasteiger partial charge >= 0.3 is 5.97 Å². The molecule has 0 aromatic heterocycles. The number of carboxylic acids is 1. The zero-order valence-electron chi connectivity index (χ0n) is 7.64. The van der Waals surface area contributed by atoms with Gasteiger partial charge in [0.1, 0.15) is 4.90 Å². The van der Waals surface area contributed by atoms with Crippen LogP contribution in [0.15, 0.2) is 27.6 Å². The average molecular weight is 305 g/mol. The maximum absolute atomic E-state index is 11.5. The average Bonchev–Trinajstić information content (AvgIpc) is 2.17. The van der Waals surface area contributed by atoms with Crippen molar-refractivity contribution in [3.63, 3.8) is 0 Å². The highest BCUT2D eigenvalue weighted by molar-refractivity contribution is 9.10. The van der Waals surface area contributed by atoms with Gasteiger partial charge in [0, 0.05) is 4.47 Å². The summed E-state index contributed by atoms with van der Waals surface area (Å²) in [4.78, 5) is 10.4. The second-order valence-corrected chi connectivity index (χ2v) is 5.17. The summed E-state index contributed by atoms with van der Waals surface area (Å²) in [7, 11) is -4.02. The Hall–Kier alpha value is -1.59. The van der Waals surface area contributed by atoms with Gasteiger partial charge in [0.05, 0.1) is 5.56 Å². The molecule has 0 spiro atoms. The van der Waals surface area contributed by atoms with Gasteiger partial charge in [0.25, 0.3) is 10.0 Å². The Morgan fingerprint density at radius 2 is 2.12 bits per heavy atom. The number of rotatable bonds is 3. The molecule has 0 heterocycles.